The first-order valence-corrected chi connectivity index (χ1v) is 10.5. The van der Waals surface area contributed by atoms with Gasteiger partial charge in [0.15, 0.2) is 0 Å². The Kier molecular flexibility index (Phi) is 7.45. The molecule has 0 aromatic heterocycles. The summed E-state index contributed by atoms with van der Waals surface area (Å²) in [4.78, 5) is 29.4. The number of benzene rings is 1. The molecular weight excluding hydrogens is 354 g/mol. The molecule has 0 radical (unpaired) electrons. The van der Waals surface area contributed by atoms with Crippen LogP contribution in [0.1, 0.15) is 38.3 Å². The van der Waals surface area contributed by atoms with Crippen LogP contribution in [0.4, 0.5) is 0 Å². The van der Waals surface area contributed by atoms with Gasteiger partial charge in [-0.3, -0.25) is 14.5 Å². The van der Waals surface area contributed by atoms with E-state index in [1.165, 1.54) is 0 Å². The number of piperidine rings is 1. The van der Waals surface area contributed by atoms with Gasteiger partial charge in [-0.25, -0.2) is 0 Å². The van der Waals surface area contributed by atoms with Gasteiger partial charge in [-0.2, -0.15) is 0 Å². The van der Waals surface area contributed by atoms with Crippen LogP contribution in [0.15, 0.2) is 30.3 Å². The van der Waals surface area contributed by atoms with Gasteiger partial charge >= 0.3 is 0 Å². The predicted molar refractivity (Wildman–Crippen MR) is 109 cm³/mol. The van der Waals surface area contributed by atoms with Crippen molar-refractivity contribution in [1.29, 1.82) is 0 Å². The molecule has 1 N–H and O–H groups in total. The van der Waals surface area contributed by atoms with Crippen molar-refractivity contribution in [2.45, 2.75) is 32.7 Å². The molecule has 3 rings (SSSR count). The number of amides is 2. The van der Waals surface area contributed by atoms with Crippen LogP contribution in [0.2, 0.25) is 0 Å². The average Bonchev–Trinajstić information content (AvgIpc) is 2.74. The number of carbonyl (C=O) groups is 2. The smallest absolute Gasteiger partial charge is 0.225 e. The lowest BCUT2D eigenvalue weighted by Crippen LogP contribution is -2.47. The van der Waals surface area contributed by atoms with E-state index >= 15 is 0 Å². The van der Waals surface area contributed by atoms with Crippen LogP contribution < -0.4 is 5.32 Å². The standard InChI is InChI=1S/C22H33N3O3/c1-17(2)22(27)25-10-8-19(9-11-25)21(26)23-20(18-6-4-3-5-7-18)16-24-12-14-28-15-13-24/h3-7,17,19-20H,8-16H2,1-2H3,(H,23,26). The van der Waals surface area contributed by atoms with Gasteiger partial charge in [0.1, 0.15) is 0 Å². The summed E-state index contributed by atoms with van der Waals surface area (Å²) in [5.74, 6) is 0.292. The number of hydrogen-bond donors (Lipinski definition) is 1. The molecule has 0 spiro atoms. The van der Waals surface area contributed by atoms with Gasteiger partial charge in [-0.15, -0.1) is 0 Å². The first kappa shape index (κ1) is 20.8. The van der Waals surface area contributed by atoms with E-state index in [0.29, 0.717) is 13.1 Å². The molecule has 6 heteroatoms. The summed E-state index contributed by atoms with van der Waals surface area (Å²) in [5.41, 5.74) is 1.13. The van der Waals surface area contributed by atoms with Gasteiger partial charge in [0.2, 0.25) is 11.8 Å². The van der Waals surface area contributed by atoms with Gasteiger partial charge in [-0.05, 0) is 18.4 Å². The number of hydrogen-bond acceptors (Lipinski definition) is 4. The van der Waals surface area contributed by atoms with Crippen LogP contribution in [-0.2, 0) is 14.3 Å². The molecule has 0 aliphatic carbocycles. The fourth-order valence-corrected chi connectivity index (χ4v) is 3.98. The summed E-state index contributed by atoms with van der Waals surface area (Å²) in [7, 11) is 0. The number of nitrogens with one attached hydrogen (secondary N) is 1. The van der Waals surface area contributed by atoms with Gasteiger partial charge in [0.25, 0.3) is 0 Å². The maximum absolute atomic E-state index is 13.0. The highest BCUT2D eigenvalue weighted by Crippen LogP contribution is 2.22. The summed E-state index contributed by atoms with van der Waals surface area (Å²) in [6.07, 6.45) is 1.48. The van der Waals surface area contributed by atoms with E-state index in [1.54, 1.807) is 0 Å². The van der Waals surface area contributed by atoms with Crippen LogP contribution in [0.25, 0.3) is 0 Å². The maximum Gasteiger partial charge on any atom is 0.225 e. The second-order valence-corrected chi connectivity index (χ2v) is 8.14. The second kappa shape index (κ2) is 10.0. The first-order chi connectivity index (χ1) is 13.5. The van der Waals surface area contributed by atoms with E-state index in [0.717, 1.165) is 51.3 Å². The van der Waals surface area contributed by atoms with Crippen LogP contribution in [-0.4, -0.2) is 67.6 Å². The fraction of sp³-hybridized carbons (Fsp3) is 0.636. The zero-order chi connectivity index (χ0) is 19.9. The highest BCUT2D eigenvalue weighted by molar-refractivity contribution is 5.81. The van der Waals surface area contributed by atoms with Crippen molar-refractivity contribution in [2.24, 2.45) is 11.8 Å². The van der Waals surface area contributed by atoms with Gasteiger partial charge in [0.05, 0.1) is 19.3 Å². The van der Waals surface area contributed by atoms with E-state index in [-0.39, 0.29) is 29.7 Å². The Morgan fingerprint density at radius 3 is 2.32 bits per heavy atom. The predicted octanol–water partition coefficient (Wildman–Crippen LogP) is 2.07. The van der Waals surface area contributed by atoms with Crippen LogP contribution >= 0.6 is 0 Å². The van der Waals surface area contributed by atoms with Gasteiger partial charge < -0.3 is 15.0 Å². The normalized spacial score (nSPS) is 20.2. The molecule has 2 heterocycles. The monoisotopic (exact) mass is 387 g/mol. The van der Waals surface area contributed by atoms with Crippen LogP contribution in [0, 0.1) is 11.8 Å². The minimum Gasteiger partial charge on any atom is -0.379 e. The lowest BCUT2D eigenvalue weighted by Gasteiger charge is -2.34. The van der Waals surface area contributed by atoms with Gasteiger partial charge in [-0.1, -0.05) is 44.2 Å². The molecule has 6 nitrogen and oxygen atoms in total. The molecule has 1 aromatic carbocycles. The Morgan fingerprint density at radius 2 is 1.71 bits per heavy atom. The third kappa shape index (κ3) is 5.55. The number of morpholine rings is 1. The Balaban J connectivity index is 1.59. The number of carbonyl (C=O) groups excluding carboxylic acids is 2. The third-order valence-corrected chi connectivity index (χ3v) is 5.73. The Bertz CT molecular complexity index is 636. The van der Waals surface area contributed by atoms with Crippen molar-refractivity contribution in [1.82, 2.24) is 15.1 Å². The molecule has 1 atom stereocenters. The summed E-state index contributed by atoms with van der Waals surface area (Å²) in [5, 5.41) is 3.29. The van der Waals surface area contributed by atoms with E-state index in [1.807, 2.05) is 36.9 Å². The largest absolute Gasteiger partial charge is 0.379 e. The fourth-order valence-electron chi connectivity index (χ4n) is 3.98. The molecule has 2 saturated heterocycles. The van der Waals surface area contributed by atoms with Crippen molar-refractivity contribution in [3.8, 4) is 0 Å². The Hall–Kier alpha value is -1.92. The molecule has 154 valence electrons. The molecule has 1 unspecified atom stereocenters. The van der Waals surface area contributed by atoms with Crippen molar-refractivity contribution >= 4 is 11.8 Å². The van der Waals surface area contributed by atoms with Crippen molar-refractivity contribution in [3.05, 3.63) is 35.9 Å². The van der Waals surface area contributed by atoms with Crippen molar-refractivity contribution in [2.75, 3.05) is 45.9 Å². The lowest BCUT2D eigenvalue weighted by molar-refractivity contribution is -0.138. The molecule has 0 bridgehead atoms. The SMILES string of the molecule is CC(C)C(=O)N1CCC(C(=O)NC(CN2CCOCC2)c2ccccc2)CC1. The Labute approximate surface area is 168 Å². The Morgan fingerprint density at radius 1 is 1.07 bits per heavy atom. The van der Waals surface area contributed by atoms with E-state index in [4.69, 9.17) is 4.74 Å². The summed E-state index contributed by atoms with van der Waals surface area (Å²) in [6.45, 7) is 9.29. The minimum atomic E-state index is -0.0258. The van der Waals surface area contributed by atoms with E-state index < -0.39 is 0 Å². The molecule has 2 fully saturated rings. The minimum absolute atomic E-state index is 0.0151. The zero-order valence-corrected chi connectivity index (χ0v) is 17.1. The summed E-state index contributed by atoms with van der Waals surface area (Å²) >= 11 is 0. The topological polar surface area (TPSA) is 61.9 Å². The molecule has 2 amide bonds. The van der Waals surface area contributed by atoms with Gasteiger partial charge in [0, 0.05) is 44.6 Å². The molecule has 28 heavy (non-hydrogen) atoms. The quantitative estimate of drug-likeness (QED) is 0.812. The zero-order valence-electron chi connectivity index (χ0n) is 17.1. The van der Waals surface area contributed by atoms with E-state index in [9.17, 15) is 9.59 Å². The second-order valence-electron chi connectivity index (χ2n) is 8.14. The summed E-state index contributed by atoms with van der Waals surface area (Å²) < 4.78 is 5.45. The van der Waals surface area contributed by atoms with E-state index in [2.05, 4.69) is 22.3 Å². The number of rotatable bonds is 6. The number of likely N-dealkylation sites (tertiary alicyclic amines) is 1. The molecule has 1 aromatic rings. The summed E-state index contributed by atoms with van der Waals surface area (Å²) in [6, 6.07) is 10.2. The first-order valence-electron chi connectivity index (χ1n) is 10.5. The van der Waals surface area contributed by atoms with Crippen LogP contribution in [0.5, 0.6) is 0 Å². The maximum atomic E-state index is 13.0. The highest BCUT2D eigenvalue weighted by Gasteiger charge is 2.30. The van der Waals surface area contributed by atoms with Crippen molar-refractivity contribution in [3.63, 3.8) is 0 Å². The number of ether oxygens (including phenoxy) is 1. The van der Waals surface area contributed by atoms with Crippen molar-refractivity contribution < 1.29 is 14.3 Å². The van der Waals surface area contributed by atoms with Crippen LogP contribution in [0.3, 0.4) is 0 Å². The third-order valence-electron chi connectivity index (χ3n) is 5.73. The molecule has 2 aliphatic heterocycles. The average molecular weight is 388 g/mol. The molecular formula is C22H33N3O3. The molecule has 2 aliphatic rings. The highest BCUT2D eigenvalue weighted by atomic mass is 16.5. The molecule has 0 saturated carbocycles. The number of nitrogens with zero attached hydrogens (tertiary/aromatic N) is 2. The lowest BCUT2D eigenvalue weighted by atomic mass is 9.94.